The first-order valence-corrected chi connectivity index (χ1v) is 19.8. The number of thiophene rings is 1. The summed E-state index contributed by atoms with van der Waals surface area (Å²) in [5.74, 6) is 0.713. The molecular formula is C52H31N3S. The number of hydrogen-bond acceptors (Lipinski definition) is 3. The molecule has 0 saturated heterocycles. The summed E-state index contributed by atoms with van der Waals surface area (Å²) in [5, 5.41) is 12.3. The van der Waals surface area contributed by atoms with Crippen LogP contribution in [0.3, 0.4) is 0 Å². The number of benzene rings is 9. The van der Waals surface area contributed by atoms with Crippen LogP contribution in [0.25, 0.3) is 114 Å². The van der Waals surface area contributed by atoms with Gasteiger partial charge in [-0.15, -0.1) is 11.3 Å². The molecule has 9 aromatic carbocycles. The van der Waals surface area contributed by atoms with E-state index in [2.05, 4.69) is 193 Å². The average molecular weight is 730 g/mol. The maximum Gasteiger partial charge on any atom is 0.161 e. The number of fused-ring (bicyclic) bond motifs is 11. The average Bonchev–Trinajstić information content (AvgIpc) is 3.82. The van der Waals surface area contributed by atoms with E-state index in [4.69, 9.17) is 9.97 Å². The Balaban J connectivity index is 1.20. The Morgan fingerprint density at radius 2 is 1.04 bits per heavy atom. The van der Waals surface area contributed by atoms with Crippen LogP contribution in [0.4, 0.5) is 0 Å². The molecule has 0 aliphatic carbocycles. The number of hydrogen-bond donors (Lipinski definition) is 0. The minimum atomic E-state index is 0.713. The highest BCUT2D eigenvalue weighted by atomic mass is 32.1. The molecule has 0 spiro atoms. The van der Waals surface area contributed by atoms with E-state index in [0.717, 1.165) is 33.8 Å². The monoisotopic (exact) mass is 729 g/mol. The maximum atomic E-state index is 5.44. The second-order valence-electron chi connectivity index (χ2n) is 14.6. The van der Waals surface area contributed by atoms with E-state index in [-0.39, 0.29) is 0 Å². The quantitative estimate of drug-likeness (QED) is 0.169. The van der Waals surface area contributed by atoms with Crippen molar-refractivity contribution in [3.63, 3.8) is 0 Å². The summed E-state index contributed by atoms with van der Waals surface area (Å²) in [6.07, 6.45) is 0. The van der Waals surface area contributed by atoms with E-state index < -0.39 is 0 Å². The molecule has 0 bridgehead atoms. The second kappa shape index (κ2) is 12.2. The number of nitrogens with zero attached hydrogens (tertiary/aromatic N) is 3. The molecule has 0 atom stereocenters. The minimum absolute atomic E-state index is 0.713. The van der Waals surface area contributed by atoms with Crippen molar-refractivity contribution in [3.05, 3.63) is 188 Å². The molecule has 0 radical (unpaired) electrons. The highest BCUT2D eigenvalue weighted by molar-refractivity contribution is 7.26. The van der Waals surface area contributed by atoms with Crippen molar-refractivity contribution < 1.29 is 0 Å². The van der Waals surface area contributed by atoms with E-state index in [0.29, 0.717) is 5.82 Å². The molecule has 0 fully saturated rings. The van der Waals surface area contributed by atoms with Gasteiger partial charge in [0.05, 0.1) is 22.4 Å². The van der Waals surface area contributed by atoms with Crippen LogP contribution >= 0.6 is 11.3 Å². The zero-order valence-electron chi connectivity index (χ0n) is 30.1. The molecule has 0 saturated carbocycles. The highest BCUT2D eigenvalue weighted by Crippen LogP contribution is 2.44. The van der Waals surface area contributed by atoms with Gasteiger partial charge in [-0.25, -0.2) is 9.97 Å². The lowest BCUT2D eigenvalue weighted by molar-refractivity contribution is 1.17. The molecule has 0 amide bonds. The molecule has 3 heterocycles. The lowest BCUT2D eigenvalue weighted by Crippen LogP contribution is -1.99. The minimum Gasteiger partial charge on any atom is -0.309 e. The van der Waals surface area contributed by atoms with Gasteiger partial charge in [0.1, 0.15) is 0 Å². The van der Waals surface area contributed by atoms with Crippen molar-refractivity contribution in [2.45, 2.75) is 0 Å². The largest absolute Gasteiger partial charge is 0.309 e. The molecule has 3 nitrogen and oxygen atoms in total. The summed E-state index contributed by atoms with van der Waals surface area (Å²) in [6.45, 7) is 0. The van der Waals surface area contributed by atoms with E-state index >= 15 is 0 Å². The van der Waals surface area contributed by atoms with Crippen molar-refractivity contribution in [2.24, 2.45) is 0 Å². The van der Waals surface area contributed by atoms with Gasteiger partial charge in [-0.1, -0.05) is 152 Å². The van der Waals surface area contributed by atoms with Gasteiger partial charge in [0.25, 0.3) is 0 Å². The third-order valence-electron chi connectivity index (χ3n) is 11.4. The molecular weight excluding hydrogens is 699 g/mol. The Kier molecular flexibility index (Phi) is 6.80. The van der Waals surface area contributed by atoms with E-state index in [1.54, 1.807) is 0 Å². The molecule has 0 aliphatic heterocycles. The van der Waals surface area contributed by atoms with Gasteiger partial charge >= 0.3 is 0 Å². The van der Waals surface area contributed by atoms with Gasteiger partial charge < -0.3 is 4.57 Å². The van der Waals surface area contributed by atoms with Crippen LogP contribution in [-0.4, -0.2) is 14.5 Å². The summed E-state index contributed by atoms with van der Waals surface area (Å²) < 4.78 is 4.90. The first-order valence-electron chi connectivity index (χ1n) is 19.0. The maximum absolute atomic E-state index is 5.44. The second-order valence-corrected chi connectivity index (χ2v) is 15.6. The molecule has 260 valence electrons. The smallest absolute Gasteiger partial charge is 0.161 e. The van der Waals surface area contributed by atoms with Crippen LogP contribution < -0.4 is 0 Å². The molecule has 12 rings (SSSR count). The third-order valence-corrected chi connectivity index (χ3v) is 12.6. The fraction of sp³-hybridized carbons (Fsp3) is 0. The lowest BCUT2D eigenvalue weighted by atomic mass is 9.99. The van der Waals surface area contributed by atoms with E-state index in [1.165, 1.54) is 74.3 Å². The van der Waals surface area contributed by atoms with Crippen molar-refractivity contribution in [1.82, 2.24) is 14.5 Å². The molecule has 3 aromatic heterocycles. The number of aromatic nitrogens is 3. The van der Waals surface area contributed by atoms with Crippen LogP contribution in [0.5, 0.6) is 0 Å². The van der Waals surface area contributed by atoms with Gasteiger partial charge in [0.2, 0.25) is 0 Å². The van der Waals surface area contributed by atoms with Gasteiger partial charge in [-0.05, 0) is 63.3 Å². The standard InChI is InChI=1S/C52H31N3S/c1-2-14-34(15-3-1)46-31-47(36-23-22-32-12-4-5-16-35(32)28-36)54-52(53-46)45-30-37(29-44-41-19-9-11-21-49(41)56-51(44)45)55-48-20-10-8-18-40(48)43-27-26-39-38-17-7-6-13-33(38)24-25-42(39)50(43)55/h1-31H. The molecule has 4 heteroatoms. The fourth-order valence-electron chi connectivity index (χ4n) is 8.74. The first kappa shape index (κ1) is 31.2. The summed E-state index contributed by atoms with van der Waals surface area (Å²) in [7, 11) is 0. The zero-order chi connectivity index (χ0) is 36.7. The Morgan fingerprint density at radius 1 is 0.393 bits per heavy atom. The summed E-state index contributed by atoms with van der Waals surface area (Å²) >= 11 is 1.82. The molecule has 0 N–H and O–H groups in total. The van der Waals surface area contributed by atoms with E-state index in [1.807, 2.05) is 11.3 Å². The Morgan fingerprint density at radius 3 is 1.91 bits per heavy atom. The lowest BCUT2D eigenvalue weighted by Gasteiger charge is -2.15. The summed E-state index contributed by atoms with van der Waals surface area (Å²) in [6, 6.07) is 67.9. The van der Waals surface area contributed by atoms with Crippen molar-refractivity contribution in [2.75, 3.05) is 0 Å². The van der Waals surface area contributed by atoms with Crippen molar-refractivity contribution >= 4 is 85.6 Å². The molecule has 12 aromatic rings. The van der Waals surface area contributed by atoms with Gasteiger partial charge in [-0.3, -0.25) is 0 Å². The van der Waals surface area contributed by atoms with Gasteiger partial charge in [0.15, 0.2) is 5.82 Å². The molecule has 0 unspecified atom stereocenters. The normalized spacial score (nSPS) is 11.9. The molecule has 0 aliphatic rings. The van der Waals surface area contributed by atoms with Crippen LogP contribution in [-0.2, 0) is 0 Å². The van der Waals surface area contributed by atoms with Crippen LogP contribution in [0.1, 0.15) is 0 Å². The van der Waals surface area contributed by atoms with Gasteiger partial charge in [-0.2, -0.15) is 0 Å². The summed E-state index contributed by atoms with van der Waals surface area (Å²) in [4.78, 5) is 10.8. The topological polar surface area (TPSA) is 30.7 Å². The first-order chi connectivity index (χ1) is 27.7. The number of para-hydroxylation sites is 1. The van der Waals surface area contributed by atoms with Gasteiger partial charge in [0, 0.05) is 58.7 Å². The van der Waals surface area contributed by atoms with Crippen LogP contribution in [0, 0.1) is 0 Å². The Hall–Kier alpha value is -7.14. The number of rotatable bonds is 4. The van der Waals surface area contributed by atoms with Crippen LogP contribution in [0.15, 0.2) is 188 Å². The Labute approximate surface area is 326 Å². The zero-order valence-corrected chi connectivity index (χ0v) is 31.0. The molecule has 56 heavy (non-hydrogen) atoms. The predicted molar refractivity (Wildman–Crippen MR) is 238 cm³/mol. The highest BCUT2D eigenvalue weighted by Gasteiger charge is 2.21. The van der Waals surface area contributed by atoms with Crippen molar-refractivity contribution in [1.29, 1.82) is 0 Å². The fourth-order valence-corrected chi connectivity index (χ4v) is 9.94. The predicted octanol–water partition coefficient (Wildman–Crippen LogP) is 14.4. The third kappa shape index (κ3) is 4.76. The van der Waals surface area contributed by atoms with E-state index in [9.17, 15) is 0 Å². The Bertz CT molecular complexity index is 3540. The summed E-state index contributed by atoms with van der Waals surface area (Å²) in [5.41, 5.74) is 8.40. The van der Waals surface area contributed by atoms with Crippen molar-refractivity contribution in [3.8, 4) is 39.6 Å². The van der Waals surface area contributed by atoms with Crippen LogP contribution in [0.2, 0.25) is 0 Å². The SMILES string of the molecule is c1ccc(-c2cc(-c3ccc4ccccc4c3)nc(-c3cc(-n4c5ccccc5c5ccc6c7ccccc7ccc6c54)cc4c3sc3ccccc34)n2)cc1.